The first-order valence-corrected chi connectivity index (χ1v) is 9.83. The van der Waals surface area contributed by atoms with Crippen molar-refractivity contribution in [3.63, 3.8) is 0 Å². The summed E-state index contributed by atoms with van der Waals surface area (Å²) in [5, 5.41) is 0.876. The van der Waals surface area contributed by atoms with E-state index in [1.807, 2.05) is 32.9 Å². The smallest absolute Gasteiger partial charge is 0.309 e. The fraction of sp³-hybridized carbons (Fsp3) is 0.350. The number of nitrogen functional groups attached to an aromatic ring is 1. The summed E-state index contributed by atoms with van der Waals surface area (Å²) in [4.78, 5) is 22.6. The lowest BCUT2D eigenvalue weighted by Gasteiger charge is -2.08. The van der Waals surface area contributed by atoms with E-state index in [0.717, 1.165) is 26.4 Å². The van der Waals surface area contributed by atoms with Gasteiger partial charge in [0.25, 0.3) is 0 Å². The Labute approximate surface area is 167 Å². The third-order valence-electron chi connectivity index (χ3n) is 4.17. The van der Waals surface area contributed by atoms with Crippen LogP contribution < -0.4 is 15.2 Å². The predicted molar refractivity (Wildman–Crippen MR) is 109 cm³/mol. The van der Waals surface area contributed by atoms with Gasteiger partial charge in [-0.15, -0.1) is 11.3 Å². The van der Waals surface area contributed by atoms with Crippen molar-refractivity contribution in [3.05, 3.63) is 40.5 Å². The first-order valence-electron chi connectivity index (χ1n) is 9.01. The predicted octanol–water partition coefficient (Wildman–Crippen LogP) is 3.80. The van der Waals surface area contributed by atoms with Gasteiger partial charge in [0.1, 0.15) is 22.1 Å². The molecule has 0 aliphatic heterocycles. The normalized spacial score (nSPS) is 10.8. The second-order valence-corrected chi connectivity index (χ2v) is 7.36. The molecule has 7 nitrogen and oxygen atoms in total. The van der Waals surface area contributed by atoms with Crippen LogP contribution in [-0.4, -0.2) is 29.2 Å². The second kappa shape index (κ2) is 8.88. The topological polar surface area (TPSA) is 96.6 Å². The number of thiophene rings is 1. The molecule has 0 radical (unpaired) electrons. The fourth-order valence-electron chi connectivity index (χ4n) is 2.66. The molecule has 1 aromatic carbocycles. The Kier molecular flexibility index (Phi) is 6.30. The highest BCUT2D eigenvalue weighted by atomic mass is 32.1. The summed E-state index contributed by atoms with van der Waals surface area (Å²) in [6.45, 7) is 6.76. The Balaban J connectivity index is 1.48. The van der Waals surface area contributed by atoms with Gasteiger partial charge in [-0.3, -0.25) is 4.79 Å². The Hall–Kier alpha value is -2.87. The minimum absolute atomic E-state index is 0.0159. The zero-order valence-corrected chi connectivity index (χ0v) is 17.0. The maximum absolute atomic E-state index is 11.9. The molecule has 0 amide bonds. The van der Waals surface area contributed by atoms with Crippen molar-refractivity contribution in [1.29, 1.82) is 0 Å². The molecule has 2 N–H and O–H groups in total. The fourth-order valence-corrected chi connectivity index (χ4v) is 3.72. The molecule has 8 heteroatoms. The van der Waals surface area contributed by atoms with Gasteiger partial charge < -0.3 is 19.9 Å². The Morgan fingerprint density at radius 3 is 2.46 bits per heavy atom. The van der Waals surface area contributed by atoms with E-state index in [1.54, 1.807) is 23.5 Å². The highest BCUT2D eigenvalue weighted by Crippen LogP contribution is 2.31. The molecule has 28 heavy (non-hydrogen) atoms. The number of rotatable bonds is 8. The largest absolute Gasteiger partial charge is 0.494 e. The third kappa shape index (κ3) is 4.69. The number of aryl methyl sites for hydroxylation is 2. The van der Waals surface area contributed by atoms with E-state index in [9.17, 15) is 4.79 Å². The number of ether oxygens (including phenoxy) is 3. The molecule has 3 rings (SSSR count). The molecule has 0 atom stereocenters. The molecule has 0 aliphatic carbocycles. The quantitative estimate of drug-likeness (QED) is 0.573. The molecule has 2 aromatic heterocycles. The number of esters is 1. The van der Waals surface area contributed by atoms with Crippen LogP contribution in [0.1, 0.15) is 29.6 Å². The Morgan fingerprint density at radius 1 is 1.11 bits per heavy atom. The monoisotopic (exact) mass is 401 g/mol. The standard InChI is InChI=1S/C20H23N3O4S/c1-4-25-14-5-7-15(8-6-14)26-10-9-17(24)27-11-16-22-19(21)18-12(2)13(3)28-20(18)23-16/h5-8H,4,9-11H2,1-3H3,(H2,21,22,23). The average Bonchev–Trinajstić information content (AvgIpc) is 2.96. The molecular weight excluding hydrogens is 378 g/mol. The van der Waals surface area contributed by atoms with Crippen molar-refractivity contribution in [2.45, 2.75) is 33.8 Å². The second-order valence-electron chi connectivity index (χ2n) is 6.15. The summed E-state index contributed by atoms with van der Waals surface area (Å²) in [7, 11) is 0. The van der Waals surface area contributed by atoms with Gasteiger partial charge in [0.05, 0.1) is 25.0 Å². The van der Waals surface area contributed by atoms with Crippen molar-refractivity contribution in [2.75, 3.05) is 18.9 Å². The highest BCUT2D eigenvalue weighted by Gasteiger charge is 2.13. The molecule has 0 fully saturated rings. The van der Waals surface area contributed by atoms with Gasteiger partial charge in [0.2, 0.25) is 0 Å². The molecular formula is C20H23N3O4S. The Bertz CT molecular complexity index is 970. The summed E-state index contributed by atoms with van der Waals surface area (Å²) in [6, 6.07) is 7.24. The van der Waals surface area contributed by atoms with Gasteiger partial charge in [0, 0.05) is 4.88 Å². The van der Waals surface area contributed by atoms with Gasteiger partial charge in [-0.2, -0.15) is 0 Å². The molecule has 0 bridgehead atoms. The number of anilines is 1. The van der Waals surface area contributed by atoms with E-state index in [-0.39, 0.29) is 25.6 Å². The van der Waals surface area contributed by atoms with Crippen LogP contribution in [-0.2, 0) is 16.1 Å². The number of fused-ring (bicyclic) bond motifs is 1. The van der Waals surface area contributed by atoms with Crippen LogP contribution in [0.15, 0.2) is 24.3 Å². The number of benzene rings is 1. The zero-order chi connectivity index (χ0) is 20.1. The maximum atomic E-state index is 11.9. The molecule has 3 aromatic rings. The van der Waals surface area contributed by atoms with Crippen LogP contribution in [0.2, 0.25) is 0 Å². The first-order chi connectivity index (χ1) is 13.5. The average molecular weight is 401 g/mol. The van der Waals surface area contributed by atoms with Crippen LogP contribution in [0.4, 0.5) is 5.82 Å². The number of hydrogen-bond donors (Lipinski definition) is 1. The third-order valence-corrected chi connectivity index (χ3v) is 5.28. The highest BCUT2D eigenvalue weighted by molar-refractivity contribution is 7.18. The maximum Gasteiger partial charge on any atom is 0.309 e. The number of hydrogen-bond acceptors (Lipinski definition) is 8. The lowest BCUT2D eigenvalue weighted by atomic mass is 10.2. The summed E-state index contributed by atoms with van der Waals surface area (Å²) in [6.07, 6.45) is 0.127. The molecule has 2 heterocycles. The van der Waals surface area contributed by atoms with Gasteiger partial charge in [-0.1, -0.05) is 0 Å². The molecule has 148 valence electrons. The SMILES string of the molecule is CCOc1ccc(OCCC(=O)OCc2nc(N)c3c(C)c(C)sc3n2)cc1. The van der Waals surface area contributed by atoms with Crippen molar-refractivity contribution < 1.29 is 19.0 Å². The lowest BCUT2D eigenvalue weighted by Crippen LogP contribution is -2.11. The molecule has 0 saturated heterocycles. The molecule has 0 saturated carbocycles. The summed E-state index contributed by atoms with van der Waals surface area (Å²) < 4.78 is 16.2. The number of nitrogens with two attached hydrogens (primary N) is 1. The number of nitrogens with zero attached hydrogens (tertiary/aromatic N) is 2. The molecule has 0 unspecified atom stereocenters. The first kappa shape index (κ1) is 19.9. The van der Waals surface area contributed by atoms with Crippen molar-refractivity contribution in [2.24, 2.45) is 0 Å². The number of carbonyl (C=O) groups is 1. The van der Waals surface area contributed by atoms with E-state index in [1.165, 1.54) is 0 Å². The van der Waals surface area contributed by atoms with Crippen molar-refractivity contribution in [1.82, 2.24) is 9.97 Å². The van der Waals surface area contributed by atoms with Gasteiger partial charge >= 0.3 is 5.97 Å². The zero-order valence-electron chi connectivity index (χ0n) is 16.2. The van der Waals surface area contributed by atoms with Crippen molar-refractivity contribution in [3.8, 4) is 11.5 Å². The summed E-state index contributed by atoms with van der Waals surface area (Å²) in [5.41, 5.74) is 7.13. The van der Waals surface area contributed by atoms with Crippen LogP contribution >= 0.6 is 11.3 Å². The Morgan fingerprint density at radius 2 is 1.79 bits per heavy atom. The molecule has 0 spiro atoms. The van der Waals surface area contributed by atoms with Crippen LogP contribution in [0, 0.1) is 13.8 Å². The number of carbonyl (C=O) groups excluding carboxylic acids is 1. The van der Waals surface area contributed by atoms with E-state index in [4.69, 9.17) is 19.9 Å². The van der Waals surface area contributed by atoms with E-state index in [2.05, 4.69) is 9.97 Å². The van der Waals surface area contributed by atoms with E-state index < -0.39 is 0 Å². The lowest BCUT2D eigenvalue weighted by molar-refractivity contribution is -0.145. The van der Waals surface area contributed by atoms with Gasteiger partial charge in [-0.25, -0.2) is 9.97 Å². The van der Waals surface area contributed by atoms with E-state index >= 15 is 0 Å². The minimum Gasteiger partial charge on any atom is -0.494 e. The molecule has 0 aliphatic rings. The minimum atomic E-state index is -0.383. The van der Waals surface area contributed by atoms with Crippen LogP contribution in [0.5, 0.6) is 11.5 Å². The van der Waals surface area contributed by atoms with Gasteiger partial charge in [-0.05, 0) is 50.6 Å². The van der Waals surface area contributed by atoms with Crippen molar-refractivity contribution >= 4 is 33.3 Å². The number of aromatic nitrogens is 2. The van der Waals surface area contributed by atoms with Crippen LogP contribution in [0.3, 0.4) is 0 Å². The van der Waals surface area contributed by atoms with Crippen LogP contribution in [0.25, 0.3) is 10.2 Å². The summed E-state index contributed by atoms with van der Waals surface area (Å²) >= 11 is 1.56. The van der Waals surface area contributed by atoms with E-state index in [0.29, 0.717) is 24.0 Å². The summed E-state index contributed by atoms with van der Waals surface area (Å²) in [5.74, 6) is 1.87. The van der Waals surface area contributed by atoms with Gasteiger partial charge in [0.15, 0.2) is 12.4 Å².